The number of esters is 1. The number of aliphatic hydroxyl groups is 3. The fraction of sp³-hybridized carbons (Fsp3) is 0.786. The van der Waals surface area contributed by atoms with Crippen LogP contribution >= 0.6 is 7.82 Å². The number of Topliss-reactive ketones (excluding diaryl/α,β-unsaturated/α-hetero) is 1. The molecule has 1 aliphatic carbocycles. The van der Waals surface area contributed by atoms with E-state index in [-0.39, 0.29) is 37.1 Å². The lowest BCUT2D eigenvalue weighted by Gasteiger charge is -2.28. The number of ketones is 1. The molecule has 40 heavy (non-hydrogen) atoms. The smallest absolute Gasteiger partial charge is 0.306 e. The summed E-state index contributed by atoms with van der Waals surface area (Å²) in [4.78, 5) is 36.3. The van der Waals surface area contributed by atoms with E-state index in [4.69, 9.17) is 13.8 Å². The van der Waals surface area contributed by atoms with E-state index in [2.05, 4.69) is 6.92 Å². The summed E-state index contributed by atoms with van der Waals surface area (Å²) in [5.74, 6) is -1.29. The van der Waals surface area contributed by atoms with E-state index in [1.54, 1.807) is 12.2 Å². The molecule has 1 unspecified atom stereocenters. The van der Waals surface area contributed by atoms with Gasteiger partial charge >= 0.3 is 5.97 Å². The number of carbonyl (C=O) groups excluding carboxylic acids is 2. The van der Waals surface area contributed by atoms with Gasteiger partial charge in [0.2, 0.25) is 0 Å². The van der Waals surface area contributed by atoms with Gasteiger partial charge in [0.1, 0.15) is 25.0 Å². The lowest BCUT2D eigenvalue weighted by atomic mass is 9.90. The lowest BCUT2D eigenvalue weighted by Crippen LogP contribution is -2.37. The van der Waals surface area contributed by atoms with Gasteiger partial charge in [-0.3, -0.25) is 14.2 Å². The van der Waals surface area contributed by atoms with Crippen LogP contribution in [-0.2, 0) is 27.9 Å². The Hall–Kier alpha value is -1.43. The van der Waals surface area contributed by atoms with Gasteiger partial charge < -0.3 is 38.5 Å². The molecule has 232 valence electrons. The summed E-state index contributed by atoms with van der Waals surface area (Å²) in [6.45, 7) is 1.34. The molecule has 0 aromatic rings. The Balaban J connectivity index is 2.38. The van der Waals surface area contributed by atoms with Crippen molar-refractivity contribution in [3.63, 3.8) is 0 Å². The van der Waals surface area contributed by atoms with Crippen molar-refractivity contribution in [1.29, 1.82) is 0 Å². The van der Waals surface area contributed by atoms with Crippen LogP contribution in [0.1, 0.15) is 64.7 Å². The number of nitrogens with zero attached hydrogens (tertiary/aromatic N) is 1. The van der Waals surface area contributed by atoms with E-state index in [9.17, 15) is 34.4 Å². The van der Waals surface area contributed by atoms with Gasteiger partial charge in [-0.25, -0.2) is 0 Å². The molecule has 0 spiro atoms. The third-order valence-electron chi connectivity index (χ3n) is 6.63. The quantitative estimate of drug-likeness (QED) is 0.0593. The molecule has 6 atom stereocenters. The minimum absolute atomic E-state index is 0.00508. The molecule has 0 radical (unpaired) electrons. The van der Waals surface area contributed by atoms with Crippen molar-refractivity contribution in [2.45, 2.75) is 83.0 Å². The molecule has 1 rings (SSSR count). The van der Waals surface area contributed by atoms with E-state index < -0.39 is 45.3 Å². The van der Waals surface area contributed by atoms with Crippen molar-refractivity contribution in [3.05, 3.63) is 24.3 Å². The van der Waals surface area contributed by atoms with Crippen molar-refractivity contribution < 1.29 is 52.6 Å². The normalized spacial score (nSPS) is 23.1. The standard InChI is InChI=1S/C28H50NO10P/c1-5-6-9-12-22(31)15-16-25-24(26(32)19-27(25)33)13-10-7-8-11-14-28(34)39-23(20-30)21-38-40(35,36)37-18-17-29(2,3)4/h7,10,15-16,22-25,27,30-31,33H,5-6,8-9,11-14,17-21H2,1-4H3/b10-7-,16-15+/t22-,23+,24+,25+,27+/m0/s1. The molecule has 1 aliphatic rings. The number of allylic oxidation sites excluding steroid dienone is 2. The molecule has 0 saturated heterocycles. The van der Waals surface area contributed by atoms with Crippen molar-refractivity contribution in [2.75, 3.05) is 47.5 Å². The fourth-order valence-corrected chi connectivity index (χ4v) is 4.94. The maximum Gasteiger partial charge on any atom is 0.306 e. The Morgan fingerprint density at radius 2 is 1.93 bits per heavy atom. The number of phosphoric acid groups is 1. The minimum atomic E-state index is -4.59. The number of ether oxygens (including phenoxy) is 1. The Morgan fingerprint density at radius 3 is 2.58 bits per heavy atom. The molecule has 0 aromatic carbocycles. The number of phosphoric ester groups is 1. The van der Waals surface area contributed by atoms with Gasteiger partial charge in [-0.15, -0.1) is 0 Å². The molecule has 0 heterocycles. The zero-order valence-corrected chi connectivity index (χ0v) is 25.4. The summed E-state index contributed by atoms with van der Waals surface area (Å²) >= 11 is 0. The first-order valence-corrected chi connectivity index (χ1v) is 15.7. The van der Waals surface area contributed by atoms with Crippen LogP contribution in [0.2, 0.25) is 0 Å². The van der Waals surface area contributed by atoms with Crippen LogP contribution in [0.3, 0.4) is 0 Å². The first-order chi connectivity index (χ1) is 18.8. The van der Waals surface area contributed by atoms with Gasteiger partial charge in [0.05, 0.1) is 46.6 Å². The second-order valence-electron chi connectivity index (χ2n) is 11.4. The van der Waals surface area contributed by atoms with E-state index in [1.807, 2.05) is 33.3 Å². The molecule has 11 nitrogen and oxygen atoms in total. The van der Waals surface area contributed by atoms with Crippen LogP contribution in [0, 0.1) is 11.8 Å². The first kappa shape index (κ1) is 36.6. The molecule has 0 bridgehead atoms. The zero-order chi connectivity index (χ0) is 30.2. The third kappa shape index (κ3) is 16.1. The molecule has 0 aliphatic heterocycles. The minimum Gasteiger partial charge on any atom is -0.756 e. The molecule has 0 amide bonds. The second kappa shape index (κ2) is 18.9. The van der Waals surface area contributed by atoms with Gasteiger partial charge in [0.25, 0.3) is 7.82 Å². The highest BCUT2D eigenvalue weighted by molar-refractivity contribution is 7.45. The van der Waals surface area contributed by atoms with Crippen LogP contribution in [-0.4, -0.2) is 97.4 Å². The van der Waals surface area contributed by atoms with E-state index in [1.165, 1.54) is 0 Å². The van der Waals surface area contributed by atoms with Crippen LogP contribution < -0.4 is 4.89 Å². The maximum atomic E-state index is 12.4. The van der Waals surface area contributed by atoms with Gasteiger partial charge in [0.15, 0.2) is 0 Å². The Bertz CT molecular complexity index is 857. The Kier molecular flexibility index (Phi) is 17.3. The fourth-order valence-electron chi connectivity index (χ4n) is 4.22. The average molecular weight is 592 g/mol. The molecule has 1 saturated carbocycles. The number of likely N-dealkylation sites (N-methyl/N-ethyl adjacent to an activating group) is 1. The SMILES string of the molecule is CCCCC[C@H](O)/C=C/[C@H]1[C@H](O)CC(=O)[C@@H]1C/C=C\CCCC(=O)O[C@H](CO)COP(=O)([O-])OCC[N+](C)(C)C. The number of carbonyl (C=O) groups is 2. The molecular formula is C28H50NO10P. The van der Waals surface area contributed by atoms with Crippen molar-refractivity contribution in [2.24, 2.45) is 11.8 Å². The van der Waals surface area contributed by atoms with Crippen molar-refractivity contribution in [1.82, 2.24) is 0 Å². The summed E-state index contributed by atoms with van der Waals surface area (Å²) in [7, 11) is 1.07. The summed E-state index contributed by atoms with van der Waals surface area (Å²) < 4.78 is 27.0. The van der Waals surface area contributed by atoms with Crippen molar-refractivity contribution >= 4 is 19.6 Å². The summed E-state index contributed by atoms with van der Waals surface area (Å²) in [5.41, 5.74) is 0. The molecule has 3 N–H and O–H groups in total. The predicted molar refractivity (Wildman–Crippen MR) is 149 cm³/mol. The Morgan fingerprint density at radius 1 is 1.20 bits per heavy atom. The largest absolute Gasteiger partial charge is 0.756 e. The van der Waals surface area contributed by atoms with E-state index >= 15 is 0 Å². The average Bonchev–Trinajstić information content (AvgIpc) is 3.13. The van der Waals surface area contributed by atoms with Gasteiger partial charge in [0, 0.05) is 24.7 Å². The molecule has 0 aromatic heterocycles. The number of hydrogen-bond acceptors (Lipinski definition) is 10. The zero-order valence-electron chi connectivity index (χ0n) is 24.5. The summed E-state index contributed by atoms with van der Waals surface area (Å²) in [6, 6.07) is 0. The number of hydrogen-bond donors (Lipinski definition) is 3. The highest BCUT2D eigenvalue weighted by atomic mass is 31.2. The number of quaternary nitrogens is 1. The van der Waals surface area contributed by atoms with Crippen LogP contribution in [0.5, 0.6) is 0 Å². The molecule has 12 heteroatoms. The second-order valence-corrected chi connectivity index (χ2v) is 12.8. The number of aliphatic hydroxyl groups excluding tert-OH is 3. The molecular weight excluding hydrogens is 541 g/mol. The summed E-state index contributed by atoms with van der Waals surface area (Å²) in [6.07, 6.45) is 10.0. The first-order valence-electron chi connectivity index (χ1n) is 14.2. The lowest BCUT2D eigenvalue weighted by molar-refractivity contribution is -0.870. The number of rotatable bonds is 21. The monoisotopic (exact) mass is 591 g/mol. The third-order valence-corrected chi connectivity index (χ3v) is 7.60. The highest BCUT2D eigenvalue weighted by Gasteiger charge is 2.39. The topological polar surface area (TPSA) is 163 Å². The Labute approximate surface area is 239 Å². The van der Waals surface area contributed by atoms with E-state index in [0.29, 0.717) is 36.7 Å². The van der Waals surface area contributed by atoms with Crippen molar-refractivity contribution in [3.8, 4) is 0 Å². The van der Waals surface area contributed by atoms with Crippen LogP contribution in [0.4, 0.5) is 0 Å². The van der Waals surface area contributed by atoms with Crippen LogP contribution in [0.25, 0.3) is 0 Å². The molecule has 1 fully saturated rings. The van der Waals surface area contributed by atoms with Gasteiger partial charge in [-0.1, -0.05) is 50.5 Å². The maximum absolute atomic E-state index is 12.4. The van der Waals surface area contributed by atoms with Gasteiger partial charge in [-0.2, -0.15) is 0 Å². The highest BCUT2D eigenvalue weighted by Crippen LogP contribution is 2.38. The van der Waals surface area contributed by atoms with E-state index in [0.717, 1.165) is 19.3 Å². The number of unbranched alkanes of at least 4 members (excludes halogenated alkanes) is 3. The van der Waals surface area contributed by atoms with Crippen LogP contribution in [0.15, 0.2) is 24.3 Å². The summed E-state index contributed by atoms with van der Waals surface area (Å²) in [5, 5.41) is 29.8. The van der Waals surface area contributed by atoms with Gasteiger partial charge in [-0.05, 0) is 25.7 Å². The predicted octanol–water partition coefficient (Wildman–Crippen LogP) is 2.28.